The highest BCUT2D eigenvalue weighted by Gasteiger charge is 2.32. The lowest BCUT2D eigenvalue weighted by atomic mass is 10.3. The van der Waals surface area contributed by atoms with Crippen molar-refractivity contribution in [3.63, 3.8) is 0 Å². The van der Waals surface area contributed by atoms with Crippen LogP contribution in [0, 0.1) is 15.9 Å². The number of halogens is 1. The number of benzene rings is 1. The predicted molar refractivity (Wildman–Crippen MR) is 61.9 cm³/mol. The number of hydrogen-bond acceptors (Lipinski definition) is 6. The Balaban J connectivity index is 3.33. The minimum Gasteiger partial charge on any atom is -0.480 e. The third-order valence-electron chi connectivity index (χ3n) is 2.20. The van der Waals surface area contributed by atoms with E-state index in [1.165, 1.54) is 4.72 Å². The number of nitrogens with one attached hydrogen (secondary N) is 1. The fraction of sp³-hybridized carbons (Fsp3) is 0.222. The highest BCUT2D eigenvalue weighted by atomic mass is 32.2. The summed E-state index contributed by atoms with van der Waals surface area (Å²) < 4.78 is 38.5. The first-order chi connectivity index (χ1) is 9.20. The molecule has 0 aliphatic heterocycles. The summed E-state index contributed by atoms with van der Waals surface area (Å²) in [4.78, 5) is 19.1. The summed E-state index contributed by atoms with van der Waals surface area (Å²) in [6.07, 6.45) is 0. The zero-order valence-electron chi connectivity index (χ0n) is 9.69. The number of nitro groups is 1. The Morgan fingerprint density at radius 2 is 2.10 bits per heavy atom. The van der Waals surface area contributed by atoms with Crippen LogP contribution in [0.4, 0.5) is 10.1 Å². The van der Waals surface area contributed by atoms with E-state index in [0.717, 1.165) is 12.1 Å². The smallest absolute Gasteiger partial charge is 0.324 e. The van der Waals surface area contributed by atoms with Gasteiger partial charge in [-0.15, -0.1) is 0 Å². The Labute approximate surface area is 111 Å². The SMILES string of the molecule is O=C(O)[C@H](CO)NS(=O)(=O)c1cccc(F)c1[N+](=O)[O-]. The molecule has 0 saturated carbocycles. The largest absolute Gasteiger partial charge is 0.480 e. The van der Waals surface area contributed by atoms with Crippen LogP contribution in [0.15, 0.2) is 23.1 Å². The molecule has 0 radical (unpaired) electrons. The van der Waals surface area contributed by atoms with Gasteiger partial charge in [-0.1, -0.05) is 6.07 Å². The molecule has 110 valence electrons. The summed E-state index contributed by atoms with van der Waals surface area (Å²) >= 11 is 0. The van der Waals surface area contributed by atoms with Crippen LogP contribution in [0.2, 0.25) is 0 Å². The van der Waals surface area contributed by atoms with Crippen molar-refractivity contribution < 1.29 is 32.7 Å². The first-order valence-electron chi connectivity index (χ1n) is 4.99. The van der Waals surface area contributed by atoms with Gasteiger partial charge in [-0.3, -0.25) is 14.9 Å². The molecule has 0 aliphatic carbocycles. The zero-order chi connectivity index (χ0) is 15.5. The summed E-state index contributed by atoms with van der Waals surface area (Å²) in [6.45, 7) is -1.07. The van der Waals surface area contributed by atoms with Gasteiger partial charge in [0.2, 0.25) is 15.8 Å². The van der Waals surface area contributed by atoms with Crippen LogP contribution in [-0.4, -0.2) is 42.2 Å². The molecule has 1 atom stereocenters. The van der Waals surface area contributed by atoms with Crippen LogP contribution in [0.1, 0.15) is 0 Å². The molecular formula is C9H9FN2O7S. The van der Waals surface area contributed by atoms with E-state index in [-0.39, 0.29) is 0 Å². The van der Waals surface area contributed by atoms with Gasteiger partial charge in [-0.25, -0.2) is 8.42 Å². The quantitative estimate of drug-likeness (QED) is 0.472. The molecule has 0 saturated heterocycles. The molecule has 1 rings (SSSR count). The molecule has 1 aromatic carbocycles. The Kier molecular flexibility index (Phi) is 4.70. The van der Waals surface area contributed by atoms with Crippen molar-refractivity contribution in [2.75, 3.05) is 6.61 Å². The van der Waals surface area contributed by atoms with E-state index in [1.54, 1.807) is 0 Å². The van der Waals surface area contributed by atoms with E-state index < -0.39 is 50.0 Å². The summed E-state index contributed by atoms with van der Waals surface area (Å²) in [7, 11) is -4.69. The van der Waals surface area contributed by atoms with E-state index in [9.17, 15) is 27.7 Å². The van der Waals surface area contributed by atoms with Gasteiger partial charge in [0.05, 0.1) is 11.5 Å². The number of aliphatic hydroxyl groups excluding tert-OH is 1. The lowest BCUT2D eigenvalue weighted by Gasteiger charge is -2.12. The molecule has 0 heterocycles. The molecule has 0 aromatic heterocycles. The van der Waals surface area contributed by atoms with Gasteiger partial charge < -0.3 is 10.2 Å². The monoisotopic (exact) mass is 308 g/mol. The maximum absolute atomic E-state index is 13.3. The zero-order valence-corrected chi connectivity index (χ0v) is 10.5. The van der Waals surface area contributed by atoms with Gasteiger partial charge >= 0.3 is 11.7 Å². The second-order valence-corrected chi connectivity index (χ2v) is 5.22. The molecule has 0 aliphatic rings. The standard InChI is InChI=1S/C9H9FN2O7S/c10-5-2-1-3-7(8(5)12(16)17)20(18,19)11-6(4-13)9(14)15/h1-3,6,11,13H,4H2,(H,14,15)/t6-/m0/s1. The number of nitro benzene ring substituents is 1. The minimum atomic E-state index is -4.69. The van der Waals surface area contributed by atoms with Crippen LogP contribution in [-0.2, 0) is 14.8 Å². The lowest BCUT2D eigenvalue weighted by molar-refractivity contribution is -0.390. The molecule has 9 nitrogen and oxygen atoms in total. The Morgan fingerprint density at radius 3 is 2.55 bits per heavy atom. The van der Waals surface area contributed by atoms with Crippen LogP contribution >= 0.6 is 0 Å². The van der Waals surface area contributed by atoms with Crippen molar-refractivity contribution in [3.8, 4) is 0 Å². The maximum Gasteiger partial charge on any atom is 0.324 e. The van der Waals surface area contributed by atoms with Crippen molar-refractivity contribution in [1.29, 1.82) is 0 Å². The van der Waals surface area contributed by atoms with Gasteiger partial charge in [-0.2, -0.15) is 9.11 Å². The summed E-state index contributed by atoms with van der Waals surface area (Å²) in [6, 6.07) is 0.464. The summed E-state index contributed by atoms with van der Waals surface area (Å²) in [5.74, 6) is -3.07. The van der Waals surface area contributed by atoms with Crippen LogP contribution < -0.4 is 4.72 Å². The minimum absolute atomic E-state index is 0.692. The van der Waals surface area contributed by atoms with Gasteiger partial charge in [0, 0.05) is 0 Å². The van der Waals surface area contributed by atoms with E-state index in [4.69, 9.17) is 10.2 Å². The van der Waals surface area contributed by atoms with Crippen LogP contribution in [0.25, 0.3) is 0 Å². The number of para-hydroxylation sites is 1. The number of nitrogens with zero attached hydrogens (tertiary/aromatic N) is 1. The molecule has 0 bridgehead atoms. The number of aliphatic carboxylic acids is 1. The topological polar surface area (TPSA) is 147 Å². The molecule has 0 fully saturated rings. The Hall–Kier alpha value is -2.11. The number of rotatable bonds is 6. The second-order valence-electron chi connectivity index (χ2n) is 3.54. The second kappa shape index (κ2) is 5.90. The molecule has 0 amide bonds. The van der Waals surface area contributed by atoms with Crippen molar-refractivity contribution >= 4 is 21.7 Å². The normalized spacial score (nSPS) is 12.9. The summed E-state index contributed by atoms with van der Waals surface area (Å²) in [5, 5.41) is 28.0. The fourth-order valence-electron chi connectivity index (χ4n) is 1.31. The molecule has 11 heteroatoms. The number of hydrogen-bond donors (Lipinski definition) is 3. The number of aliphatic hydroxyl groups is 1. The first kappa shape index (κ1) is 15.9. The average Bonchev–Trinajstić information content (AvgIpc) is 2.34. The van der Waals surface area contributed by atoms with Gasteiger partial charge in [0.1, 0.15) is 6.04 Å². The highest BCUT2D eigenvalue weighted by Crippen LogP contribution is 2.26. The van der Waals surface area contributed by atoms with Crippen LogP contribution in [0.3, 0.4) is 0 Å². The van der Waals surface area contributed by atoms with Crippen molar-refractivity contribution in [2.45, 2.75) is 10.9 Å². The molecule has 0 unspecified atom stereocenters. The van der Waals surface area contributed by atoms with Crippen LogP contribution in [0.5, 0.6) is 0 Å². The van der Waals surface area contributed by atoms with E-state index in [2.05, 4.69) is 0 Å². The fourth-order valence-corrected chi connectivity index (χ4v) is 2.67. The molecule has 0 spiro atoms. The van der Waals surface area contributed by atoms with Gasteiger partial charge in [0.25, 0.3) is 0 Å². The van der Waals surface area contributed by atoms with E-state index >= 15 is 0 Å². The molecule has 20 heavy (non-hydrogen) atoms. The van der Waals surface area contributed by atoms with Crippen molar-refractivity contribution in [3.05, 3.63) is 34.1 Å². The van der Waals surface area contributed by atoms with E-state index in [0.29, 0.717) is 6.07 Å². The number of sulfonamides is 1. The van der Waals surface area contributed by atoms with Gasteiger partial charge in [0.15, 0.2) is 4.90 Å². The maximum atomic E-state index is 13.3. The van der Waals surface area contributed by atoms with Gasteiger partial charge in [-0.05, 0) is 12.1 Å². The highest BCUT2D eigenvalue weighted by molar-refractivity contribution is 7.89. The summed E-state index contributed by atoms with van der Waals surface area (Å²) in [5.41, 5.74) is -1.30. The number of carboxylic acid groups (broad SMARTS) is 1. The average molecular weight is 308 g/mol. The van der Waals surface area contributed by atoms with Crippen molar-refractivity contribution in [2.24, 2.45) is 0 Å². The number of carbonyl (C=O) groups is 1. The Bertz CT molecular complexity index is 646. The van der Waals surface area contributed by atoms with Crippen molar-refractivity contribution in [1.82, 2.24) is 4.72 Å². The molecular weight excluding hydrogens is 299 g/mol. The predicted octanol–water partition coefficient (Wildman–Crippen LogP) is -0.542. The van der Waals surface area contributed by atoms with E-state index in [1.807, 2.05) is 0 Å². The third-order valence-corrected chi connectivity index (χ3v) is 3.70. The lowest BCUT2D eigenvalue weighted by Crippen LogP contribution is -2.43. The first-order valence-corrected chi connectivity index (χ1v) is 6.48. The molecule has 1 aromatic rings. The third kappa shape index (κ3) is 3.26. The molecule has 3 N–H and O–H groups in total. The Morgan fingerprint density at radius 1 is 1.50 bits per heavy atom. The number of carboxylic acids is 1.